The normalized spacial score (nSPS) is 12.7. The Morgan fingerprint density at radius 3 is 2.51 bits per heavy atom. The zero-order valence-electron chi connectivity index (χ0n) is 24.1. The van der Waals surface area contributed by atoms with E-state index in [4.69, 9.17) is 17.0 Å². The Balaban J connectivity index is 1.20. The first-order valence-corrected chi connectivity index (χ1v) is 16.3. The Kier molecular flexibility index (Phi) is 10.5. The zero-order chi connectivity index (χ0) is 30.2. The Bertz CT molecular complexity index is 1590. The number of esters is 1. The maximum Gasteiger partial charge on any atom is 0.341 e. The van der Waals surface area contributed by atoms with Gasteiger partial charge in [0.15, 0.2) is 5.11 Å². The van der Waals surface area contributed by atoms with Crippen molar-refractivity contribution in [1.82, 2.24) is 4.90 Å². The second-order valence-electron chi connectivity index (χ2n) is 10.2. The average molecular weight is 631 g/mol. The third-order valence-corrected chi connectivity index (χ3v) is 9.22. The highest BCUT2D eigenvalue weighted by atomic mass is 32.2. The van der Waals surface area contributed by atoms with E-state index in [1.807, 2.05) is 73.7 Å². The summed E-state index contributed by atoms with van der Waals surface area (Å²) in [4.78, 5) is 30.5. The van der Waals surface area contributed by atoms with Crippen LogP contribution in [0.4, 0.5) is 16.4 Å². The van der Waals surface area contributed by atoms with Crippen molar-refractivity contribution in [3.8, 4) is 0 Å². The fourth-order valence-electron chi connectivity index (χ4n) is 4.85. The van der Waals surface area contributed by atoms with Crippen LogP contribution < -0.4 is 16.0 Å². The number of thiophene rings is 1. The summed E-state index contributed by atoms with van der Waals surface area (Å²) in [7, 11) is 0. The highest BCUT2D eigenvalue weighted by Gasteiger charge is 2.29. The van der Waals surface area contributed by atoms with Crippen LogP contribution >= 0.6 is 35.3 Å². The first-order valence-electron chi connectivity index (χ1n) is 14.1. The number of carbonyl (C=O) groups excluding carboxylic acids is 2. The molecule has 1 aliphatic heterocycles. The van der Waals surface area contributed by atoms with Gasteiger partial charge in [0.05, 0.1) is 17.9 Å². The van der Waals surface area contributed by atoms with Crippen molar-refractivity contribution in [2.75, 3.05) is 34.9 Å². The third kappa shape index (κ3) is 8.45. The van der Waals surface area contributed by atoms with E-state index in [2.05, 4.69) is 33.0 Å². The molecule has 222 valence electrons. The smallest absolute Gasteiger partial charge is 0.341 e. The number of nitrogens with zero attached hydrogens (tertiary/aromatic N) is 1. The number of hydrogen-bond acceptors (Lipinski definition) is 7. The van der Waals surface area contributed by atoms with Gasteiger partial charge in [0.2, 0.25) is 5.91 Å². The van der Waals surface area contributed by atoms with E-state index in [0.717, 1.165) is 52.8 Å². The topological polar surface area (TPSA) is 82.7 Å². The molecule has 0 atom stereocenters. The van der Waals surface area contributed by atoms with Crippen molar-refractivity contribution in [2.45, 2.75) is 38.3 Å². The molecule has 7 nitrogen and oxygen atoms in total. The summed E-state index contributed by atoms with van der Waals surface area (Å²) in [5, 5.41) is 10.5. The van der Waals surface area contributed by atoms with E-state index in [1.54, 1.807) is 6.92 Å². The summed E-state index contributed by atoms with van der Waals surface area (Å²) >= 11 is 8.37. The van der Waals surface area contributed by atoms with Crippen LogP contribution in [0, 0.1) is 6.92 Å². The number of thiocarbonyl (C=S) groups is 1. The number of amides is 1. The molecule has 4 aromatic rings. The molecular formula is C33H34N4O3S3. The van der Waals surface area contributed by atoms with Crippen LogP contribution in [0.1, 0.15) is 38.8 Å². The predicted octanol–water partition coefficient (Wildman–Crippen LogP) is 7.33. The number of hydrogen-bond donors (Lipinski definition) is 3. The number of thioether (sulfide) groups is 1. The summed E-state index contributed by atoms with van der Waals surface area (Å²) in [6, 6.07) is 26.1. The maximum absolute atomic E-state index is 13.1. The van der Waals surface area contributed by atoms with Crippen molar-refractivity contribution in [3.63, 3.8) is 0 Å². The molecule has 5 rings (SSSR count). The van der Waals surface area contributed by atoms with Gasteiger partial charge in [-0.1, -0.05) is 54.1 Å². The van der Waals surface area contributed by atoms with Crippen LogP contribution in [0.5, 0.6) is 0 Å². The Morgan fingerprint density at radius 2 is 1.74 bits per heavy atom. The molecule has 10 heteroatoms. The SMILES string of the molecule is CCOC(=O)c1c(NC(=O)CSc2cccc(NC(=S)Nc3ccc(C)cc3)c2)sc2c1CCN(Cc1ccccc1)C2. The van der Waals surface area contributed by atoms with Crippen molar-refractivity contribution >= 4 is 68.7 Å². The van der Waals surface area contributed by atoms with Crippen LogP contribution in [0.3, 0.4) is 0 Å². The van der Waals surface area contributed by atoms with Gasteiger partial charge in [-0.15, -0.1) is 23.1 Å². The average Bonchev–Trinajstić information content (AvgIpc) is 3.35. The van der Waals surface area contributed by atoms with Gasteiger partial charge in [0, 0.05) is 40.8 Å². The second kappa shape index (κ2) is 14.7. The van der Waals surface area contributed by atoms with Crippen molar-refractivity contribution < 1.29 is 14.3 Å². The van der Waals surface area contributed by atoms with Gasteiger partial charge < -0.3 is 20.7 Å². The van der Waals surface area contributed by atoms with Gasteiger partial charge in [0.25, 0.3) is 0 Å². The van der Waals surface area contributed by atoms with Gasteiger partial charge in [-0.2, -0.15) is 0 Å². The minimum atomic E-state index is -0.381. The lowest BCUT2D eigenvalue weighted by Crippen LogP contribution is -2.30. The fraction of sp³-hybridized carbons (Fsp3) is 0.242. The zero-order valence-corrected chi connectivity index (χ0v) is 26.6. The molecule has 0 bridgehead atoms. The number of benzene rings is 3. The molecular weight excluding hydrogens is 597 g/mol. The molecule has 1 aliphatic rings. The number of anilines is 3. The van der Waals surface area contributed by atoms with E-state index >= 15 is 0 Å². The Labute approximate surface area is 266 Å². The number of ether oxygens (including phenoxy) is 1. The number of nitrogens with one attached hydrogen (secondary N) is 3. The molecule has 0 unspecified atom stereocenters. The maximum atomic E-state index is 13.1. The monoisotopic (exact) mass is 630 g/mol. The Morgan fingerprint density at radius 1 is 0.977 bits per heavy atom. The molecule has 1 amide bonds. The Hall–Kier alpha value is -3.70. The summed E-state index contributed by atoms with van der Waals surface area (Å²) in [6.45, 7) is 6.51. The summed E-state index contributed by atoms with van der Waals surface area (Å²) < 4.78 is 5.39. The van der Waals surface area contributed by atoms with E-state index in [9.17, 15) is 9.59 Å². The standard InChI is InChI=1S/C33H34N4O3S3/c1-3-40-32(39)30-27-16-17-37(19-23-8-5-4-6-9-23)20-28(27)43-31(30)36-29(38)21-42-26-11-7-10-25(18-26)35-33(41)34-24-14-12-22(2)13-15-24/h4-15,18H,3,16-17,19-21H2,1-2H3,(H,36,38)(H2,34,35,41). The van der Waals surface area contributed by atoms with E-state index in [-0.39, 0.29) is 24.2 Å². The lowest BCUT2D eigenvalue weighted by molar-refractivity contribution is -0.113. The molecule has 0 saturated carbocycles. The predicted molar refractivity (Wildman–Crippen MR) is 181 cm³/mol. The van der Waals surface area contributed by atoms with Crippen LogP contribution in [0.2, 0.25) is 0 Å². The van der Waals surface area contributed by atoms with Gasteiger partial charge in [-0.3, -0.25) is 9.69 Å². The van der Waals surface area contributed by atoms with Crippen molar-refractivity contribution in [2.24, 2.45) is 0 Å². The van der Waals surface area contributed by atoms with Gasteiger partial charge in [-0.05, 0) is 73.9 Å². The second-order valence-corrected chi connectivity index (χ2v) is 12.7. The summed E-state index contributed by atoms with van der Waals surface area (Å²) in [6.07, 6.45) is 0.734. The molecule has 0 spiro atoms. The van der Waals surface area contributed by atoms with E-state index in [0.29, 0.717) is 15.7 Å². The highest BCUT2D eigenvalue weighted by molar-refractivity contribution is 8.00. The lowest BCUT2D eigenvalue weighted by atomic mass is 10.0. The van der Waals surface area contributed by atoms with Crippen LogP contribution in [-0.4, -0.2) is 40.8 Å². The van der Waals surface area contributed by atoms with Crippen LogP contribution in [-0.2, 0) is 29.0 Å². The van der Waals surface area contributed by atoms with Crippen molar-refractivity contribution in [1.29, 1.82) is 0 Å². The van der Waals surface area contributed by atoms with Gasteiger partial charge in [0.1, 0.15) is 5.00 Å². The number of aryl methyl sites for hydroxylation is 1. The van der Waals surface area contributed by atoms with E-state index in [1.165, 1.54) is 34.2 Å². The summed E-state index contributed by atoms with van der Waals surface area (Å²) in [5.41, 5.74) is 5.66. The minimum Gasteiger partial charge on any atom is -0.462 e. The first kappa shape index (κ1) is 30.7. The number of carbonyl (C=O) groups is 2. The molecule has 0 fully saturated rings. The molecule has 0 aliphatic carbocycles. The molecule has 3 N–H and O–H groups in total. The largest absolute Gasteiger partial charge is 0.462 e. The first-order chi connectivity index (χ1) is 20.9. The molecule has 1 aromatic heterocycles. The fourth-order valence-corrected chi connectivity index (χ4v) is 7.13. The molecule has 3 aromatic carbocycles. The number of rotatable bonds is 10. The van der Waals surface area contributed by atoms with Crippen LogP contribution in [0.25, 0.3) is 0 Å². The minimum absolute atomic E-state index is 0.176. The highest BCUT2D eigenvalue weighted by Crippen LogP contribution is 2.38. The summed E-state index contributed by atoms with van der Waals surface area (Å²) in [5.74, 6) is -0.362. The molecule has 43 heavy (non-hydrogen) atoms. The quantitative estimate of drug-likeness (QED) is 0.0955. The molecule has 0 radical (unpaired) electrons. The van der Waals surface area contributed by atoms with Gasteiger partial charge in [-0.25, -0.2) is 4.79 Å². The molecule has 0 saturated heterocycles. The van der Waals surface area contributed by atoms with Crippen LogP contribution in [0.15, 0.2) is 83.8 Å². The third-order valence-electron chi connectivity index (χ3n) is 6.89. The van der Waals surface area contributed by atoms with E-state index < -0.39 is 0 Å². The number of fused-ring (bicyclic) bond motifs is 1. The van der Waals surface area contributed by atoms with Crippen molar-refractivity contribution in [3.05, 3.63) is 106 Å². The lowest BCUT2D eigenvalue weighted by Gasteiger charge is -2.27. The van der Waals surface area contributed by atoms with Gasteiger partial charge >= 0.3 is 5.97 Å². The molecule has 2 heterocycles.